The Balaban J connectivity index is 1.63. The van der Waals surface area contributed by atoms with Crippen LogP contribution in [0.25, 0.3) is 0 Å². The first-order valence-corrected chi connectivity index (χ1v) is 11.4. The summed E-state index contributed by atoms with van der Waals surface area (Å²) >= 11 is 0. The number of alkyl halides is 6. The van der Waals surface area contributed by atoms with Gasteiger partial charge in [-0.15, -0.1) is 0 Å². The first-order chi connectivity index (χ1) is 16.0. The summed E-state index contributed by atoms with van der Waals surface area (Å²) in [5.41, 5.74) is -3.15. The number of hydrogen-bond donors (Lipinski definition) is 1. The van der Waals surface area contributed by atoms with Gasteiger partial charge in [-0.2, -0.15) is 26.3 Å². The first kappa shape index (κ1) is 24.6. The molecule has 184 valence electrons. The Morgan fingerprint density at radius 2 is 1.62 bits per heavy atom. The molecule has 0 bridgehead atoms. The van der Waals surface area contributed by atoms with Crippen LogP contribution in [0.4, 0.5) is 26.3 Å². The molecule has 2 unspecified atom stereocenters. The molecule has 0 radical (unpaired) electrons. The molecule has 1 amide bonds. The Labute approximate surface area is 194 Å². The van der Waals surface area contributed by atoms with Crippen molar-refractivity contribution < 1.29 is 31.1 Å². The van der Waals surface area contributed by atoms with E-state index in [4.69, 9.17) is 0 Å². The molecular formula is C25H26F6N2O. The lowest BCUT2D eigenvalue weighted by atomic mass is 9.80. The number of carbonyl (C=O) groups excluding carboxylic acids is 1. The van der Waals surface area contributed by atoms with Crippen LogP contribution in [-0.2, 0) is 12.4 Å². The lowest BCUT2D eigenvalue weighted by molar-refractivity contribution is -0.143. The molecule has 1 heterocycles. The summed E-state index contributed by atoms with van der Waals surface area (Å²) in [4.78, 5) is 15.2. The standard InChI is InChI=1S/C25H26F6N2O/c26-24(27,28)18-10-11-19(21(15-18)25(29,30)31)22(34)32-16-23(33-13-4-5-14-33)12-6-9-20(23)17-7-2-1-3-8-17/h1-3,7-8,10-11,15,20H,4-6,9,12-14,16H2,(H,32,34). The lowest BCUT2D eigenvalue weighted by Crippen LogP contribution is -2.56. The lowest BCUT2D eigenvalue weighted by Gasteiger charge is -2.44. The Morgan fingerprint density at radius 3 is 2.24 bits per heavy atom. The minimum atomic E-state index is -5.10. The van der Waals surface area contributed by atoms with Crippen LogP contribution in [0.2, 0.25) is 0 Å². The number of nitrogens with one attached hydrogen (secondary N) is 1. The van der Waals surface area contributed by atoms with Gasteiger partial charge in [0.15, 0.2) is 0 Å². The van der Waals surface area contributed by atoms with E-state index in [0.29, 0.717) is 12.1 Å². The van der Waals surface area contributed by atoms with Gasteiger partial charge in [0.1, 0.15) is 0 Å². The van der Waals surface area contributed by atoms with Crippen LogP contribution in [0.1, 0.15) is 65.1 Å². The maximum Gasteiger partial charge on any atom is 0.417 e. The van der Waals surface area contributed by atoms with Gasteiger partial charge >= 0.3 is 12.4 Å². The third-order valence-electron chi connectivity index (χ3n) is 7.14. The smallest absolute Gasteiger partial charge is 0.350 e. The highest BCUT2D eigenvalue weighted by atomic mass is 19.4. The zero-order valence-corrected chi connectivity index (χ0v) is 18.5. The second-order valence-electron chi connectivity index (χ2n) is 9.09. The van der Waals surface area contributed by atoms with Gasteiger partial charge in [-0.25, -0.2) is 0 Å². The minimum absolute atomic E-state index is 0.00743. The summed E-state index contributed by atoms with van der Waals surface area (Å²) in [5, 5.41) is 2.67. The van der Waals surface area contributed by atoms with E-state index in [1.165, 1.54) is 0 Å². The molecule has 0 spiro atoms. The van der Waals surface area contributed by atoms with Crippen molar-refractivity contribution in [2.75, 3.05) is 19.6 Å². The van der Waals surface area contributed by atoms with E-state index in [0.717, 1.165) is 50.8 Å². The number of nitrogens with zero attached hydrogens (tertiary/aromatic N) is 1. The van der Waals surface area contributed by atoms with Gasteiger partial charge in [-0.1, -0.05) is 36.8 Å². The number of carbonyl (C=O) groups is 1. The van der Waals surface area contributed by atoms with Crippen LogP contribution in [0.5, 0.6) is 0 Å². The van der Waals surface area contributed by atoms with E-state index in [2.05, 4.69) is 10.2 Å². The second-order valence-corrected chi connectivity index (χ2v) is 9.09. The molecule has 1 saturated heterocycles. The summed E-state index contributed by atoms with van der Waals surface area (Å²) in [5.74, 6) is -0.917. The summed E-state index contributed by atoms with van der Waals surface area (Å²) in [7, 11) is 0. The van der Waals surface area contributed by atoms with Crippen molar-refractivity contribution in [3.8, 4) is 0 Å². The van der Waals surface area contributed by atoms with Crippen LogP contribution in [-0.4, -0.2) is 36.0 Å². The maximum atomic E-state index is 13.6. The topological polar surface area (TPSA) is 32.3 Å². The summed E-state index contributed by atoms with van der Waals surface area (Å²) < 4.78 is 79.7. The highest BCUT2D eigenvalue weighted by molar-refractivity contribution is 5.96. The molecular weight excluding hydrogens is 458 g/mol. The molecule has 1 aliphatic heterocycles. The summed E-state index contributed by atoms with van der Waals surface area (Å²) in [6.07, 6.45) is -5.43. The summed E-state index contributed by atoms with van der Waals surface area (Å²) in [6.45, 7) is 1.81. The maximum absolute atomic E-state index is 13.6. The zero-order chi connectivity index (χ0) is 24.6. The molecule has 2 fully saturated rings. The highest BCUT2D eigenvalue weighted by Crippen LogP contribution is 2.47. The molecule has 9 heteroatoms. The Bertz CT molecular complexity index is 1010. The van der Waals surface area contributed by atoms with Gasteiger partial charge in [0.2, 0.25) is 0 Å². The molecule has 0 aromatic heterocycles. The van der Waals surface area contributed by atoms with Crippen LogP contribution >= 0.6 is 0 Å². The quantitative estimate of drug-likeness (QED) is 0.509. The molecule has 2 aliphatic rings. The molecule has 1 aliphatic carbocycles. The van der Waals surface area contributed by atoms with Gasteiger partial charge in [0, 0.05) is 18.0 Å². The van der Waals surface area contributed by atoms with Crippen LogP contribution in [0, 0.1) is 0 Å². The van der Waals surface area contributed by atoms with Crippen molar-refractivity contribution in [2.24, 2.45) is 0 Å². The van der Waals surface area contributed by atoms with Crippen LogP contribution < -0.4 is 5.32 Å². The van der Waals surface area contributed by atoms with Gasteiger partial charge in [-0.05, 0) is 62.5 Å². The van der Waals surface area contributed by atoms with Crippen molar-refractivity contribution >= 4 is 5.91 Å². The van der Waals surface area contributed by atoms with E-state index in [9.17, 15) is 31.1 Å². The summed E-state index contributed by atoms with van der Waals surface area (Å²) in [6, 6.07) is 11.0. The fourth-order valence-electron chi connectivity index (χ4n) is 5.56. The number of halogens is 6. The van der Waals surface area contributed by atoms with E-state index >= 15 is 0 Å². The fraction of sp³-hybridized carbons (Fsp3) is 0.480. The highest BCUT2D eigenvalue weighted by Gasteiger charge is 2.49. The van der Waals surface area contributed by atoms with Gasteiger partial charge < -0.3 is 5.32 Å². The number of likely N-dealkylation sites (tertiary alicyclic amines) is 1. The van der Waals surface area contributed by atoms with Gasteiger partial charge in [0.25, 0.3) is 5.91 Å². The number of hydrogen-bond acceptors (Lipinski definition) is 2. The third-order valence-corrected chi connectivity index (χ3v) is 7.14. The predicted molar refractivity (Wildman–Crippen MR) is 115 cm³/mol. The number of benzene rings is 2. The Hall–Kier alpha value is -2.55. The SMILES string of the molecule is O=C(NCC1(N2CCCC2)CCCC1c1ccccc1)c1ccc(C(F)(F)F)cc1C(F)(F)F. The monoisotopic (exact) mass is 484 g/mol. The van der Waals surface area contributed by atoms with E-state index in [1.54, 1.807) is 0 Å². The molecule has 34 heavy (non-hydrogen) atoms. The molecule has 1 saturated carbocycles. The predicted octanol–water partition coefficient (Wildman–Crippen LogP) is 6.26. The van der Waals surface area contributed by atoms with Crippen molar-refractivity contribution in [3.63, 3.8) is 0 Å². The van der Waals surface area contributed by atoms with Crippen molar-refractivity contribution in [3.05, 3.63) is 70.8 Å². The zero-order valence-electron chi connectivity index (χ0n) is 18.5. The largest absolute Gasteiger partial charge is 0.417 e. The Kier molecular flexibility index (Phi) is 6.68. The molecule has 2 aromatic rings. The number of rotatable bonds is 5. The van der Waals surface area contributed by atoms with Crippen molar-refractivity contribution in [2.45, 2.75) is 55.9 Å². The molecule has 1 N–H and O–H groups in total. The van der Waals surface area contributed by atoms with E-state index < -0.39 is 40.5 Å². The van der Waals surface area contributed by atoms with Crippen molar-refractivity contribution in [1.82, 2.24) is 10.2 Å². The Morgan fingerprint density at radius 1 is 0.941 bits per heavy atom. The van der Waals surface area contributed by atoms with Crippen molar-refractivity contribution in [1.29, 1.82) is 0 Å². The number of amides is 1. The normalized spacial score (nSPS) is 23.9. The average Bonchev–Trinajstić information content (AvgIpc) is 3.47. The van der Waals surface area contributed by atoms with Crippen LogP contribution in [0.15, 0.2) is 48.5 Å². The van der Waals surface area contributed by atoms with Crippen LogP contribution in [0.3, 0.4) is 0 Å². The van der Waals surface area contributed by atoms with Gasteiger partial charge in [-0.3, -0.25) is 9.69 Å². The minimum Gasteiger partial charge on any atom is -0.350 e. The molecule has 3 nitrogen and oxygen atoms in total. The molecule has 2 aromatic carbocycles. The van der Waals surface area contributed by atoms with Gasteiger partial charge in [0.05, 0.1) is 16.7 Å². The second kappa shape index (κ2) is 9.24. The fourth-order valence-corrected chi connectivity index (χ4v) is 5.56. The average molecular weight is 484 g/mol. The van der Waals surface area contributed by atoms with E-state index in [1.807, 2.05) is 30.3 Å². The molecule has 4 rings (SSSR count). The third kappa shape index (κ3) is 4.80. The first-order valence-electron chi connectivity index (χ1n) is 11.4. The molecule has 2 atom stereocenters. The van der Waals surface area contributed by atoms with E-state index in [-0.39, 0.29) is 18.5 Å².